The number of hydrogen-bond acceptors (Lipinski definition) is 5. The van der Waals surface area contributed by atoms with Crippen LogP contribution in [0.4, 0.5) is 0 Å². The lowest BCUT2D eigenvalue weighted by atomic mass is 9.77. The van der Waals surface area contributed by atoms with Gasteiger partial charge in [0.25, 0.3) is 0 Å². The van der Waals surface area contributed by atoms with Gasteiger partial charge in [0.05, 0.1) is 18.0 Å². The number of nitrogens with one attached hydrogen (secondary N) is 2. The summed E-state index contributed by atoms with van der Waals surface area (Å²) < 4.78 is 32.1. The van der Waals surface area contributed by atoms with E-state index < -0.39 is 33.5 Å². The van der Waals surface area contributed by atoms with Crippen molar-refractivity contribution in [3.05, 3.63) is 29.3 Å². The Morgan fingerprint density at radius 3 is 2.30 bits per heavy atom. The zero-order valence-electron chi connectivity index (χ0n) is 15.6. The van der Waals surface area contributed by atoms with Crippen LogP contribution in [0.2, 0.25) is 5.02 Å². The predicted molar refractivity (Wildman–Crippen MR) is 102 cm³/mol. The van der Waals surface area contributed by atoms with Crippen LogP contribution >= 0.6 is 11.6 Å². The van der Waals surface area contributed by atoms with Crippen molar-refractivity contribution in [2.75, 3.05) is 7.11 Å². The molecule has 1 fully saturated rings. The Balaban J connectivity index is 2.11. The largest absolute Gasteiger partial charge is 0.467 e. The average molecular weight is 417 g/mol. The number of sulfonamides is 1. The first-order chi connectivity index (χ1) is 12.6. The number of rotatable bonds is 6. The summed E-state index contributed by atoms with van der Waals surface area (Å²) in [5.41, 5.74) is -1.11. The van der Waals surface area contributed by atoms with Gasteiger partial charge >= 0.3 is 5.97 Å². The molecule has 27 heavy (non-hydrogen) atoms. The molecule has 1 atom stereocenters. The molecule has 0 heterocycles. The third-order valence-corrected chi connectivity index (χ3v) is 6.72. The van der Waals surface area contributed by atoms with Crippen LogP contribution in [0.25, 0.3) is 0 Å². The van der Waals surface area contributed by atoms with Crippen molar-refractivity contribution in [1.82, 2.24) is 10.0 Å². The molecule has 1 aromatic rings. The van der Waals surface area contributed by atoms with E-state index in [-0.39, 0.29) is 4.90 Å². The first-order valence-corrected chi connectivity index (χ1v) is 10.6. The van der Waals surface area contributed by atoms with Crippen LogP contribution in [0.5, 0.6) is 0 Å². The van der Waals surface area contributed by atoms with Gasteiger partial charge in [-0.15, -0.1) is 0 Å². The van der Waals surface area contributed by atoms with Gasteiger partial charge in [0.2, 0.25) is 15.9 Å². The Morgan fingerprint density at radius 2 is 1.78 bits per heavy atom. The maximum absolute atomic E-state index is 12.6. The number of amides is 1. The highest BCUT2D eigenvalue weighted by molar-refractivity contribution is 7.89. The van der Waals surface area contributed by atoms with E-state index in [4.69, 9.17) is 16.3 Å². The van der Waals surface area contributed by atoms with Crippen LogP contribution < -0.4 is 10.0 Å². The minimum atomic E-state index is -3.90. The summed E-state index contributed by atoms with van der Waals surface area (Å²) in [5, 5.41) is 3.13. The van der Waals surface area contributed by atoms with Crippen molar-refractivity contribution in [1.29, 1.82) is 0 Å². The van der Waals surface area contributed by atoms with Crippen LogP contribution in [0.1, 0.15) is 39.5 Å². The van der Waals surface area contributed by atoms with Crippen molar-refractivity contribution in [2.45, 2.75) is 56.0 Å². The smallest absolute Gasteiger partial charge is 0.331 e. The Hall–Kier alpha value is -1.64. The molecule has 1 aromatic carbocycles. The summed E-state index contributed by atoms with van der Waals surface area (Å²) in [6, 6.07) is 4.56. The predicted octanol–water partition coefficient (Wildman–Crippen LogP) is 2.24. The molecular weight excluding hydrogens is 392 g/mol. The van der Waals surface area contributed by atoms with Gasteiger partial charge in [0.1, 0.15) is 5.54 Å². The average Bonchev–Trinajstić information content (AvgIpc) is 2.63. The first-order valence-electron chi connectivity index (χ1n) is 8.78. The second kappa shape index (κ2) is 8.58. The zero-order chi connectivity index (χ0) is 20.2. The van der Waals surface area contributed by atoms with E-state index in [9.17, 15) is 18.0 Å². The number of methoxy groups -OCH3 is 1. The fraction of sp³-hybridized carbons (Fsp3) is 0.556. The summed E-state index contributed by atoms with van der Waals surface area (Å²) in [6.07, 6.45) is 2.48. The van der Waals surface area contributed by atoms with Gasteiger partial charge in [-0.1, -0.05) is 18.5 Å². The molecule has 1 amide bonds. The number of benzene rings is 1. The van der Waals surface area contributed by atoms with Gasteiger partial charge in [0, 0.05) is 5.02 Å². The number of carbonyl (C=O) groups excluding carboxylic acids is 2. The van der Waals surface area contributed by atoms with E-state index >= 15 is 0 Å². The van der Waals surface area contributed by atoms with Crippen LogP contribution in [-0.4, -0.2) is 39.0 Å². The minimum absolute atomic E-state index is 0.000669. The molecule has 1 aliphatic carbocycles. The zero-order valence-corrected chi connectivity index (χ0v) is 17.2. The van der Waals surface area contributed by atoms with Crippen molar-refractivity contribution in [3.63, 3.8) is 0 Å². The standard InChI is InChI=1S/C18H25ClN2O5S/c1-12-8-10-18(11-9-12,17(23)26-3)20-16(22)13(2)21-27(24,25)15-6-4-14(19)5-7-15/h4-7,12-13,21H,8-11H2,1-3H3,(H,20,22)/t12?,13-,18?/m0/s1. The van der Waals surface area contributed by atoms with Gasteiger partial charge in [-0.2, -0.15) is 4.72 Å². The van der Waals surface area contributed by atoms with Gasteiger partial charge < -0.3 is 10.1 Å². The molecule has 2 N–H and O–H groups in total. The van der Waals surface area contributed by atoms with Crippen molar-refractivity contribution in [2.24, 2.45) is 5.92 Å². The fourth-order valence-corrected chi connectivity index (χ4v) is 4.47. The van der Waals surface area contributed by atoms with E-state index in [1.807, 2.05) is 0 Å². The number of esters is 1. The van der Waals surface area contributed by atoms with Crippen LogP contribution in [-0.2, 0) is 24.3 Å². The van der Waals surface area contributed by atoms with Gasteiger partial charge in [0.15, 0.2) is 0 Å². The van der Waals surface area contributed by atoms with E-state index in [0.29, 0.717) is 23.8 Å². The molecule has 0 unspecified atom stereocenters. The highest BCUT2D eigenvalue weighted by atomic mass is 35.5. The molecule has 0 aliphatic heterocycles. The second-order valence-corrected chi connectivity index (χ2v) is 9.19. The highest BCUT2D eigenvalue weighted by Crippen LogP contribution is 2.33. The molecule has 0 aromatic heterocycles. The lowest BCUT2D eigenvalue weighted by Crippen LogP contribution is -2.60. The van der Waals surface area contributed by atoms with Gasteiger partial charge in [-0.05, 0) is 62.8 Å². The summed E-state index contributed by atoms with van der Waals surface area (Å²) in [5.74, 6) is -0.622. The summed E-state index contributed by atoms with van der Waals surface area (Å²) >= 11 is 5.77. The summed E-state index contributed by atoms with van der Waals surface area (Å²) in [4.78, 5) is 24.9. The summed E-state index contributed by atoms with van der Waals surface area (Å²) in [6.45, 7) is 3.52. The first kappa shape index (κ1) is 21.7. The van der Waals surface area contributed by atoms with Crippen LogP contribution in [0.3, 0.4) is 0 Å². The third-order valence-electron chi connectivity index (χ3n) is 4.92. The topological polar surface area (TPSA) is 102 Å². The third kappa shape index (κ3) is 5.21. The summed E-state index contributed by atoms with van der Waals surface area (Å²) in [7, 11) is -2.62. The van der Waals surface area contributed by atoms with Gasteiger partial charge in [-0.25, -0.2) is 13.2 Å². The molecule has 0 saturated heterocycles. The van der Waals surface area contributed by atoms with E-state index in [2.05, 4.69) is 17.0 Å². The number of carbonyl (C=O) groups is 2. The van der Waals surface area contributed by atoms with Crippen molar-refractivity contribution >= 4 is 33.5 Å². The highest BCUT2D eigenvalue weighted by Gasteiger charge is 2.44. The van der Waals surface area contributed by atoms with E-state index in [1.54, 1.807) is 0 Å². The Bertz CT molecular complexity index is 786. The molecule has 1 aliphatic rings. The van der Waals surface area contributed by atoms with Crippen molar-refractivity contribution in [3.8, 4) is 0 Å². The normalized spacial score (nSPS) is 24.1. The molecular formula is C18H25ClN2O5S. The molecule has 0 radical (unpaired) electrons. The minimum Gasteiger partial charge on any atom is -0.467 e. The number of ether oxygens (including phenoxy) is 1. The monoisotopic (exact) mass is 416 g/mol. The second-order valence-electron chi connectivity index (χ2n) is 7.04. The lowest BCUT2D eigenvalue weighted by Gasteiger charge is -2.38. The Labute approximate surface area is 164 Å². The Morgan fingerprint density at radius 1 is 1.22 bits per heavy atom. The number of halogens is 1. The number of hydrogen-bond donors (Lipinski definition) is 2. The van der Waals surface area contributed by atoms with E-state index in [1.165, 1.54) is 38.3 Å². The molecule has 0 bridgehead atoms. The molecule has 1 saturated carbocycles. The SMILES string of the molecule is COC(=O)C1(NC(=O)[C@H](C)NS(=O)(=O)c2ccc(Cl)cc2)CCC(C)CC1. The maximum atomic E-state index is 12.6. The van der Waals surface area contributed by atoms with Crippen molar-refractivity contribution < 1.29 is 22.7 Å². The van der Waals surface area contributed by atoms with E-state index in [0.717, 1.165) is 12.8 Å². The van der Waals surface area contributed by atoms with Crippen LogP contribution in [0.15, 0.2) is 29.2 Å². The molecule has 0 spiro atoms. The van der Waals surface area contributed by atoms with Crippen LogP contribution in [0, 0.1) is 5.92 Å². The fourth-order valence-electron chi connectivity index (χ4n) is 3.14. The quantitative estimate of drug-likeness (QED) is 0.692. The molecule has 9 heteroatoms. The van der Waals surface area contributed by atoms with Gasteiger partial charge in [-0.3, -0.25) is 4.79 Å². The molecule has 150 valence electrons. The maximum Gasteiger partial charge on any atom is 0.331 e. The molecule has 7 nitrogen and oxygen atoms in total. The molecule has 2 rings (SSSR count). The Kier molecular flexibility index (Phi) is 6.88. The lowest BCUT2D eigenvalue weighted by molar-refractivity contribution is -0.153.